The maximum absolute atomic E-state index is 12.6. The zero-order valence-corrected chi connectivity index (χ0v) is 15.0. The molecular weight excluding hydrogens is 352 g/mol. The van der Waals surface area contributed by atoms with Gasteiger partial charge in [-0.2, -0.15) is 0 Å². The molecule has 27 heavy (non-hydrogen) atoms. The Morgan fingerprint density at radius 3 is 2.33 bits per heavy atom. The highest BCUT2D eigenvalue weighted by Gasteiger charge is 2.50. The molecule has 0 N–H and O–H groups in total. The van der Waals surface area contributed by atoms with Gasteiger partial charge in [0.2, 0.25) is 11.8 Å². The highest BCUT2D eigenvalue weighted by molar-refractivity contribution is 6.08. The third-order valence-corrected chi connectivity index (χ3v) is 5.11. The lowest BCUT2D eigenvalue weighted by Gasteiger charge is -2.23. The first-order valence-electron chi connectivity index (χ1n) is 8.78. The number of ether oxygens (including phenoxy) is 1. The Kier molecular flexibility index (Phi) is 5.07. The van der Waals surface area contributed by atoms with E-state index in [0.717, 1.165) is 4.90 Å². The lowest BCUT2D eigenvalue weighted by atomic mass is 9.85. The zero-order valence-electron chi connectivity index (χ0n) is 15.0. The van der Waals surface area contributed by atoms with Gasteiger partial charge in [-0.15, -0.1) is 0 Å². The molecule has 1 aliphatic heterocycles. The fourth-order valence-electron chi connectivity index (χ4n) is 3.55. The second-order valence-electron chi connectivity index (χ2n) is 6.81. The summed E-state index contributed by atoms with van der Waals surface area (Å²) in [5, 5.41) is 10.9. The molecule has 1 saturated heterocycles. The first kappa shape index (κ1) is 18.8. The molecule has 0 bridgehead atoms. The first-order valence-corrected chi connectivity index (χ1v) is 8.78. The molecule has 0 radical (unpaired) electrons. The van der Waals surface area contributed by atoms with Crippen LogP contribution in [0.2, 0.25) is 0 Å². The number of non-ortho nitro benzene ring substituents is 1. The molecule has 0 unspecified atom stereocenters. The zero-order chi connectivity index (χ0) is 19.7. The van der Waals surface area contributed by atoms with Crippen LogP contribution in [-0.2, 0) is 19.1 Å². The molecule has 8 nitrogen and oxygen atoms in total. The fourth-order valence-corrected chi connectivity index (χ4v) is 3.55. The predicted molar refractivity (Wildman–Crippen MR) is 94.3 cm³/mol. The number of hydrogen-bond acceptors (Lipinski definition) is 6. The molecule has 2 aliphatic rings. The van der Waals surface area contributed by atoms with Crippen molar-refractivity contribution in [3.05, 3.63) is 52.1 Å². The summed E-state index contributed by atoms with van der Waals surface area (Å²) in [4.78, 5) is 49.0. The first-order chi connectivity index (χ1) is 12.8. The summed E-state index contributed by atoms with van der Waals surface area (Å²) in [5.41, 5.74) is 0.353. The van der Waals surface area contributed by atoms with Crippen LogP contribution in [0, 0.1) is 22.0 Å². The molecule has 8 heteroatoms. The Labute approximate surface area is 155 Å². The van der Waals surface area contributed by atoms with E-state index in [1.165, 1.54) is 25.1 Å². The van der Waals surface area contributed by atoms with E-state index < -0.39 is 34.9 Å². The number of esters is 1. The van der Waals surface area contributed by atoms with Gasteiger partial charge in [-0.1, -0.05) is 24.3 Å². The topological polar surface area (TPSA) is 107 Å². The molecule has 1 aromatic rings. The molecule has 4 atom stereocenters. The third kappa shape index (κ3) is 3.47. The number of benzene rings is 1. The highest BCUT2D eigenvalue weighted by Crippen LogP contribution is 2.36. The van der Waals surface area contributed by atoms with E-state index in [0.29, 0.717) is 18.4 Å². The van der Waals surface area contributed by atoms with Gasteiger partial charge in [0, 0.05) is 12.1 Å². The number of imide groups is 1. The average molecular weight is 372 g/mol. The van der Waals surface area contributed by atoms with Crippen molar-refractivity contribution >= 4 is 23.5 Å². The molecule has 1 aromatic carbocycles. The molecule has 142 valence electrons. The number of carbonyl (C=O) groups excluding carboxylic acids is 3. The second kappa shape index (κ2) is 7.30. The molecule has 1 aliphatic carbocycles. The second-order valence-corrected chi connectivity index (χ2v) is 6.81. The monoisotopic (exact) mass is 372 g/mol. The number of carbonyl (C=O) groups is 3. The SMILES string of the molecule is C[C@H](OC(=O)[C@H](C)N1C(=O)[C@H]2CC=CC[C@H]2C1=O)c1cccc([N+](=O)[O-])c1. The summed E-state index contributed by atoms with van der Waals surface area (Å²) in [7, 11) is 0. The van der Waals surface area contributed by atoms with Gasteiger partial charge in [0.25, 0.3) is 5.69 Å². The minimum Gasteiger partial charge on any atom is -0.456 e. The van der Waals surface area contributed by atoms with Crippen molar-refractivity contribution in [2.45, 2.75) is 38.8 Å². The lowest BCUT2D eigenvalue weighted by molar-refractivity contribution is -0.385. The normalized spacial score (nSPS) is 23.7. The van der Waals surface area contributed by atoms with Crippen molar-refractivity contribution in [2.24, 2.45) is 11.8 Å². The van der Waals surface area contributed by atoms with Crippen LogP contribution >= 0.6 is 0 Å². The summed E-state index contributed by atoms with van der Waals surface area (Å²) in [6.07, 6.45) is 4.00. The van der Waals surface area contributed by atoms with Gasteiger partial charge in [0.1, 0.15) is 12.1 Å². The van der Waals surface area contributed by atoms with Crippen LogP contribution in [0.1, 0.15) is 38.4 Å². The maximum Gasteiger partial charge on any atom is 0.329 e. The van der Waals surface area contributed by atoms with E-state index >= 15 is 0 Å². The van der Waals surface area contributed by atoms with Gasteiger partial charge in [0.15, 0.2) is 0 Å². The van der Waals surface area contributed by atoms with Crippen LogP contribution in [0.5, 0.6) is 0 Å². The number of allylic oxidation sites excluding steroid dienone is 2. The maximum atomic E-state index is 12.6. The third-order valence-electron chi connectivity index (χ3n) is 5.11. The van der Waals surface area contributed by atoms with Gasteiger partial charge >= 0.3 is 5.97 Å². The average Bonchev–Trinajstić information content (AvgIpc) is 2.92. The minimum absolute atomic E-state index is 0.107. The quantitative estimate of drug-likeness (QED) is 0.258. The van der Waals surface area contributed by atoms with Crippen molar-refractivity contribution < 1.29 is 24.0 Å². The highest BCUT2D eigenvalue weighted by atomic mass is 16.6. The predicted octanol–water partition coefficient (Wildman–Crippen LogP) is 2.54. The van der Waals surface area contributed by atoms with Crippen molar-refractivity contribution in [3.63, 3.8) is 0 Å². The molecule has 0 saturated carbocycles. The van der Waals surface area contributed by atoms with Crippen molar-refractivity contribution in [1.82, 2.24) is 4.90 Å². The van der Waals surface area contributed by atoms with E-state index in [9.17, 15) is 24.5 Å². The molecule has 1 fully saturated rings. The van der Waals surface area contributed by atoms with Gasteiger partial charge in [0.05, 0.1) is 16.8 Å². The number of likely N-dealkylation sites (tertiary alicyclic amines) is 1. The molecule has 0 aromatic heterocycles. The molecule has 2 amide bonds. The van der Waals surface area contributed by atoms with E-state index in [-0.39, 0.29) is 17.5 Å². The van der Waals surface area contributed by atoms with Gasteiger partial charge in [-0.05, 0) is 32.3 Å². The number of fused-ring (bicyclic) bond motifs is 1. The van der Waals surface area contributed by atoms with Crippen LogP contribution < -0.4 is 0 Å². The summed E-state index contributed by atoms with van der Waals surface area (Å²) in [5.74, 6) is -2.23. The summed E-state index contributed by atoms with van der Waals surface area (Å²) < 4.78 is 5.37. The lowest BCUT2D eigenvalue weighted by Crippen LogP contribution is -2.44. The Hall–Kier alpha value is -3.03. The van der Waals surface area contributed by atoms with E-state index in [2.05, 4.69) is 0 Å². The van der Waals surface area contributed by atoms with Crippen LogP contribution in [0.3, 0.4) is 0 Å². The summed E-state index contributed by atoms with van der Waals surface area (Å²) >= 11 is 0. The standard InChI is InChI=1S/C19H20N2O6/c1-11(20-17(22)15-8-3-4-9-16(15)18(20)23)19(24)27-12(2)13-6-5-7-14(10-13)21(25)26/h3-7,10-12,15-16H,8-9H2,1-2H3/t11-,12-,15-,16+/m0/s1. The molecule has 3 rings (SSSR count). The van der Waals surface area contributed by atoms with Crippen molar-refractivity contribution in [1.29, 1.82) is 0 Å². The molecular formula is C19H20N2O6. The number of nitro groups is 1. The van der Waals surface area contributed by atoms with Crippen LogP contribution in [0.4, 0.5) is 5.69 Å². The van der Waals surface area contributed by atoms with Crippen LogP contribution in [0.15, 0.2) is 36.4 Å². The number of nitrogens with zero attached hydrogens (tertiary/aromatic N) is 2. The van der Waals surface area contributed by atoms with Crippen LogP contribution in [0.25, 0.3) is 0 Å². The van der Waals surface area contributed by atoms with E-state index in [1.807, 2.05) is 12.2 Å². The van der Waals surface area contributed by atoms with Gasteiger partial charge < -0.3 is 4.74 Å². The Balaban J connectivity index is 1.70. The number of nitro benzene ring substituents is 1. The fraction of sp³-hybridized carbons (Fsp3) is 0.421. The number of amides is 2. The largest absolute Gasteiger partial charge is 0.456 e. The number of rotatable bonds is 5. The minimum atomic E-state index is -1.04. The number of hydrogen-bond donors (Lipinski definition) is 0. The Morgan fingerprint density at radius 2 is 1.78 bits per heavy atom. The van der Waals surface area contributed by atoms with Gasteiger partial charge in [-0.3, -0.25) is 24.6 Å². The van der Waals surface area contributed by atoms with E-state index in [4.69, 9.17) is 4.74 Å². The Morgan fingerprint density at radius 1 is 1.19 bits per heavy atom. The molecule has 1 heterocycles. The van der Waals surface area contributed by atoms with Crippen molar-refractivity contribution in [3.8, 4) is 0 Å². The summed E-state index contributed by atoms with van der Waals surface area (Å²) in [6.45, 7) is 3.05. The molecule has 0 spiro atoms. The summed E-state index contributed by atoms with van der Waals surface area (Å²) in [6, 6.07) is 4.75. The van der Waals surface area contributed by atoms with Crippen molar-refractivity contribution in [2.75, 3.05) is 0 Å². The Bertz CT molecular complexity index is 807. The van der Waals surface area contributed by atoms with E-state index in [1.54, 1.807) is 13.0 Å². The smallest absolute Gasteiger partial charge is 0.329 e. The van der Waals surface area contributed by atoms with Crippen LogP contribution in [-0.4, -0.2) is 33.6 Å². The van der Waals surface area contributed by atoms with Gasteiger partial charge in [-0.25, -0.2) is 4.79 Å².